The molecular weight excluding hydrogens is 246 g/mol. The summed E-state index contributed by atoms with van der Waals surface area (Å²) in [6.07, 6.45) is 2.22. The van der Waals surface area contributed by atoms with E-state index in [4.69, 9.17) is 9.47 Å². The van der Waals surface area contributed by atoms with Crippen molar-refractivity contribution in [3.05, 3.63) is 0 Å². The van der Waals surface area contributed by atoms with Gasteiger partial charge in [0.25, 0.3) is 0 Å². The van der Waals surface area contributed by atoms with Gasteiger partial charge in [-0.1, -0.05) is 6.92 Å². The van der Waals surface area contributed by atoms with Crippen molar-refractivity contribution in [2.45, 2.75) is 58.6 Å². The van der Waals surface area contributed by atoms with E-state index in [0.717, 1.165) is 12.8 Å². The zero-order chi connectivity index (χ0) is 14.6. The molecule has 0 saturated carbocycles. The van der Waals surface area contributed by atoms with Gasteiger partial charge in [-0.3, -0.25) is 4.79 Å². The van der Waals surface area contributed by atoms with Gasteiger partial charge in [0.2, 0.25) is 0 Å². The van der Waals surface area contributed by atoms with Gasteiger partial charge in [-0.05, 0) is 40.0 Å². The van der Waals surface area contributed by atoms with Crippen LogP contribution in [0.4, 0.5) is 4.79 Å². The third-order valence-electron chi connectivity index (χ3n) is 3.23. The quantitative estimate of drug-likeness (QED) is 0.740. The Labute approximate surface area is 115 Å². The number of ether oxygens (including phenoxy) is 2. The van der Waals surface area contributed by atoms with Gasteiger partial charge >= 0.3 is 12.1 Å². The van der Waals surface area contributed by atoms with Gasteiger partial charge in [-0.25, -0.2) is 4.79 Å². The van der Waals surface area contributed by atoms with E-state index in [-0.39, 0.29) is 24.0 Å². The summed E-state index contributed by atoms with van der Waals surface area (Å²) >= 11 is 0. The zero-order valence-electron chi connectivity index (χ0n) is 12.6. The van der Waals surface area contributed by atoms with E-state index in [9.17, 15) is 9.59 Å². The maximum Gasteiger partial charge on any atom is 0.410 e. The van der Waals surface area contributed by atoms with Crippen LogP contribution >= 0.6 is 0 Å². The maximum absolute atomic E-state index is 12.1. The molecule has 1 rings (SSSR count). The van der Waals surface area contributed by atoms with Gasteiger partial charge in [0.1, 0.15) is 5.60 Å². The summed E-state index contributed by atoms with van der Waals surface area (Å²) in [4.78, 5) is 25.3. The summed E-state index contributed by atoms with van der Waals surface area (Å²) in [6, 6.07) is 0.0731. The predicted molar refractivity (Wildman–Crippen MR) is 71.8 cm³/mol. The third kappa shape index (κ3) is 4.73. The van der Waals surface area contributed by atoms with Crippen LogP contribution < -0.4 is 0 Å². The molecule has 19 heavy (non-hydrogen) atoms. The molecule has 1 fully saturated rings. The standard InChI is InChI=1S/C14H25NO4/c1-10(12(16)18-5)9-11-7-6-8-15(11)13(17)19-14(2,3)4/h10-11H,6-9H2,1-5H3/t10-,11-/m1/s1. The molecule has 0 aromatic rings. The second kappa shape index (κ2) is 6.26. The number of rotatable bonds is 3. The molecule has 1 amide bonds. The molecule has 2 atom stereocenters. The third-order valence-corrected chi connectivity index (χ3v) is 3.23. The van der Waals surface area contributed by atoms with Crippen molar-refractivity contribution >= 4 is 12.1 Å². The van der Waals surface area contributed by atoms with Gasteiger partial charge < -0.3 is 14.4 Å². The van der Waals surface area contributed by atoms with E-state index in [2.05, 4.69) is 0 Å². The summed E-state index contributed by atoms with van der Waals surface area (Å²) in [5.74, 6) is -0.422. The second-order valence-electron chi connectivity index (χ2n) is 6.13. The minimum Gasteiger partial charge on any atom is -0.469 e. The Kier molecular flexibility index (Phi) is 5.20. The van der Waals surface area contributed by atoms with Gasteiger partial charge in [-0.15, -0.1) is 0 Å². The Bertz CT molecular complexity index is 335. The highest BCUT2D eigenvalue weighted by molar-refractivity contribution is 5.72. The van der Waals surface area contributed by atoms with E-state index < -0.39 is 5.60 Å². The van der Waals surface area contributed by atoms with Crippen LogP contribution in [0.25, 0.3) is 0 Å². The van der Waals surface area contributed by atoms with Crippen LogP contribution in [-0.4, -0.2) is 42.3 Å². The topological polar surface area (TPSA) is 55.8 Å². The molecule has 110 valence electrons. The number of amides is 1. The number of hydrogen-bond donors (Lipinski definition) is 0. The highest BCUT2D eigenvalue weighted by Gasteiger charge is 2.34. The summed E-state index contributed by atoms with van der Waals surface area (Å²) in [6.45, 7) is 8.10. The average molecular weight is 271 g/mol. The van der Waals surface area contributed by atoms with Gasteiger partial charge in [0.05, 0.1) is 13.0 Å². The fourth-order valence-corrected chi connectivity index (χ4v) is 2.35. The number of hydrogen-bond acceptors (Lipinski definition) is 4. The molecule has 0 radical (unpaired) electrons. The Hall–Kier alpha value is -1.26. The molecule has 0 aromatic heterocycles. The van der Waals surface area contributed by atoms with Crippen molar-refractivity contribution in [1.29, 1.82) is 0 Å². The lowest BCUT2D eigenvalue weighted by Crippen LogP contribution is -2.41. The largest absolute Gasteiger partial charge is 0.469 e. The lowest BCUT2D eigenvalue weighted by molar-refractivity contribution is -0.145. The highest BCUT2D eigenvalue weighted by Crippen LogP contribution is 2.25. The first kappa shape index (κ1) is 15.8. The van der Waals surface area contributed by atoms with E-state index in [0.29, 0.717) is 13.0 Å². The van der Waals surface area contributed by atoms with E-state index >= 15 is 0 Å². The van der Waals surface area contributed by atoms with Crippen LogP contribution in [0.15, 0.2) is 0 Å². The van der Waals surface area contributed by atoms with Crippen molar-refractivity contribution in [2.24, 2.45) is 5.92 Å². The van der Waals surface area contributed by atoms with Crippen LogP contribution in [0, 0.1) is 5.92 Å². The Morgan fingerprint density at radius 1 is 1.37 bits per heavy atom. The summed E-state index contributed by atoms with van der Waals surface area (Å²) < 4.78 is 10.1. The van der Waals surface area contributed by atoms with Crippen LogP contribution in [0.3, 0.4) is 0 Å². The first-order chi connectivity index (χ1) is 8.74. The van der Waals surface area contributed by atoms with Gasteiger partial charge in [-0.2, -0.15) is 0 Å². The molecule has 0 aliphatic carbocycles. The summed E-state index contributed by atoms with van der Waals surface area (Å²) in [5, 5.41) is 0. The first-order valence-corrected chi connectivity index (χ1v) is 6.82. The Morgan fingerprint density at radius 2 is 2.00 bits per heavy atom. The van der Waals surface area contributed by atoms with Crippen LogP contribution in [-0.2, 0) is 14.3 Å². The Morgan fingerprint density at radius 3 is 2.53 bits per heavy atom. The lowest BCUT2D eigenvalue weighted by atomic mass is 10.0. The molecule has 0 spiro atoms. The molecule has 0 N–H and O–H groups in total. The molecule has 0 bridgehead atoms. The summed E-state index contributed by atoms with van der Waals surface area (Å²) in [7, 11) is 1.39. The van der Waals surface area contributed by atoms with Crippen molar-refractivity contribution < 1.29 is 19.1 Å². The maximum atomic E-state index is 12.1. The van der Waals surface area contributed by atoms with Crippen LogP contribution in [0.5, 0.6) is 0 Å². The molecule has 1 aliphatic rings. The number of likely N-dealkylation sites (tertiary alicyclic amines) is 1. The molecular formula is C14H25NO4. The number of nitrogens with zero attached hydrogens (tertiary/aromatic N) is 1. The molecule has 1 aliphatic heterocycles. The van der Waals surface area contributed by atoms with Crippen LogP contribution in [0.2, 0.25) is 0 Å². The van der Waals surface area contributed by atoms with Crippen molar-refractivity contribution in [3.63, 3.8) is 0 Å². The van der Waals surface area contributed by atoms with E-state index in [1.807, 2.05) is 27.7 Å². The minimum absolute atomic E-state index is 0.0731. The molecule has 1 saturated heterocycles. The van der Waals surface area contributed by atoms with Crippen molar-refractivity contribution in [2.75, 3.05) is 13.7 Å². The number of carbonyl (C=O) groups excluding carboxylic acids is 2. The van der Waals surface area contributed by atoms with Crippen molar-refractivity contribution in [3.8, 4) is 0 Å². The van der Waals surface area contributed by atoms with Gasteiger partial charge in [0.15, 0.2) is 0 Å². The fourth-order valence-electron chi connectivity index (χ4n) is 2.35. The number of methoxy groups -OCH3 is 1. The summed E-state index contributed by atoms with van der Waals surface area (Å²) in [5.41, 5.74) is -0.488. The molecule has 0 unspecified atom stereocenters. The number of esters is 1. The normalized spacial score (nSPS) is 21.1. The highest BCUT2D eigenvalue weighted by atomic mass is 16.6. The van der Waals surface area contributed by atoms with Crippen molar-refractivity contribution in [1.82, 2.24) is 4.90 Å². The SMILES string of the molecule is COC(=O)[C@H](C)C[C@H]1CCCN1C(=O)OC(C)(C)C. The minimum atomic E-state index is -0.488. The fraction of sp³-hybridized carbons (Fsp3) is 0.857. The smallest absolute Gasteiger partial charge is 0.410 e. The molecule has 5 heteroatoms. The predicted octanol–water partition coefficient (Wildman–Crippen LogP) is 2.59. The lowest BCUT2D eigenvalue weighted by Gasteiger charge is -2.29. The number of carbonyl (C=O) groups is 2. The van der Waals surface area contributed by atoms with E-state index in [1.165, 1.54) is 7.11 Å². The molecule has 0 aromatic carbocycles. The van der Waals surface area contributed by atoms with E-state index in [1.54, 1.807) is 4.90 Å². The zero-order valence-corrected chi connectivity index (χ0v) is 12.6. The monoisotopic (exact) mass is 271 g/mol. The molecule has 5 nitrogen and oxygen atoms in total. The van der Waals surface area contributed by atoms with Gasteiger partial charge in [0, 0.05) is 12.6 Å². The first-order valence-electron chi connectivity index (χ1n) is 6.82. The molecule has 1 heterocycles. The average Bonchev–Trinajstić information content (AvgIpc) is 2.73. The Balaban J connectivity index is 2.59. The second-order valence-corrected chi connectivity index (χ2v) is 6.13. The van der Waals surface area contributed by atoms with Crippen LogP contribution in [0.1, 0.15) is 47.0 Å².